The zero-order chi connectivity index (χ0) is 18.8. The molecule has 138 valence electrons. The second kappa shape index (κ2) is 7.53. The van der Waals surface area contributed by atoms with E-state index in [-0.39, 0.29) is 12.4 Å². The number of hydrogen-bond donors (Lipinski definition) is 1. The topological polar surface area (TPSA) is 89.5 Å². The molecule has 0 amide bonds. The zero-order valence-electron chi connectivity index (χ0n) is 15.0. The summed E-state index contributed by atoms with van der Waals surface area (Å²) in [6.07, 6.45) is 0.275. The summed E-state index contributed by atoms with van der Waals surface area (Å²) in [5.74, 6) is 0.574. The average Bonchev–Trinajstić information content (AvgIpc) is 2.82. The lowest BCUT2D eigenvalue weighted by Crippen LogP contribution is -2.35. The zero-order valence-corrected chi connectivity index (χ0v) is 15.8. The lowest BCUT2D eigenvalue weighted by molar-refractivity contribution is -0.675. The third-order valence-corrected chi connectivity index (χ3v) is 5.69. The predicted molar refractivity (Wildman–Crippen MR) is 94.1 cm³/mol. The van der Waals surface area contributed by atoms with Gasteiger partial charge in [0.15, 0.2) is 11.0 Å². The Bertz CT molecular complexity index is 886. The number of fused-ring (bicyclic) bond motifs is 1. The van der Waals surface area contributed by atoms with Gasteiger partial charge in [0.1, 0.15) is 0 Å². The maximum Gasteiger partial charge on any atom is 0.338 e. The van der Waals surface area contributed by atoms with Crippen molar-refractivity contribution < 1.29 is 27.1 Å². The summed E-state index contributed by atoms with van der Waals surface area (Å²) in [4.78, 5) is 12.0. The summed E-state index contributed by atoms with van der Waals surface area (Å²) in [6.45, 7) is 8.68. The first-order chi connectivity index (χ1) is 11.7. The van der Waals surface area contributed by atoms with Crippen molar-refractivity contribution in [1.29, 1.82) is 0 Å². The summed E-state index contributed by atoms with van der Waals surface area (Å²) >= 11 is 0. The Morgan fingerprint density at radius 2 is 2.04 bits per heavy atom. The van der Waals surface area contributed by atoms with Crippen LogP contribution >= 0.6 is 0 Å². The van der Waals surface area contributed by atoms with Crippen LogP contribution in [0.25, 0.3) is 11.0 Å². The van der Waals surface area contributed by atoms with Gasteiger partial charge in [-0.15, -0.1) is 0 Å². The van der Waals surface area contributed by atoms with E-state index in [9.17, 15) is 17.8 Å². The second-order valence-electron chi connectivity index (χ2n) is 5.98. The molecule has 0 radical (unpaired) electrons. The number of imidazole rings is 1. The molecule has 8 heteroatoms. The van der Waals surface area contributed by atoms with Gasteiger partial charge >= 0.3 is 5.97 Å². The van der Waals surface area contributed by atoms with E-state index in [0.717, 1.165) is 23.4 Å². The van der Waals surface area contributed by atoms with Crippen molar-refractivity contribution in [3.8, 4) is 0 Å². The molecule has 2 rings (SSSR count). The van der Waals surface area contributed by atoms with Gasteiger partial charge in [0.05, 0.1) is 30.5 Å². The van der Waals surface area contributed by atoms with E-state index in [4.69, 9.17) is 4.74 Å². The normalized spacial score (nSPS) is 13.2. The fourth-order valence-electron chi connectivity index (χ4n) is 2.94. The number of rotatable bonds is 7. The third kappa shape index (κ3) is 4.01. The Hall–Kier alpha value is -1.93. The number of esters is 1. The van der Waals surface area contributed by atoms with E-state index in [2.05, 4.69) is 4.57 Å². The molecule has 0 saturated carbocycles. The van der Waals surface area contributed by atoms with Crippen LogP contribution in [0.15, 0.2) is 18.2 Å². The maximum absolute atomic E-state index is 12.0. The molecule has 1 aromatic heterocycles. The molecule has 0 aliphatic rings. The van der Waals surface area contributed by atoms with Gasteiger partial charge in [0.25, 0.3) is 15.9 Å². The molecule has 0 unspecified atom stereocenters. The van der Waals surface area contributed by atoms with Gasteiger partial charge in [-0.05, 0) is 32.9 Å². The summed E-state index contributed by atoms with van der Waals surface area (Å²) in [5, 5.41) is -0.854. The van der Waals surface area contributed by atoms with Crippen molar-refractivity contribution >= 4 is 27.1 Å². The molecule has 1 N–H and O–H groups in total. The lowest BCUT2D eigenvalue weighted by atomic mass is 10.2. The first-order valence-electron chi connectivity index (χ1n) is 8.36. The molecule has 25 heavy (non-hydrogen) atoms. The van der Waals surface area contributed by atoms with E-state index < -0.39 is 15.4 Å². The monoisotopic (exact) mass is 369 g/mol. The van der Waals surface area contributed by atoms with E-state index in [1.165, 1.54) is 6.92 Å². The second-order valence-corrected chi connectivity index (χ2v) is 7.82. The number of aryl methyl sites for hydroxylation is 2. The van der Waals surface area contributed by atoms with E-state index >= 15 is 0 Å². The molecule has 0 aliphatic carbocycles. The number of carbonyl (C=O) groups is 1. The van der Waals surface area contributed by atoms with Crippen molar-refractivity contribution in [2.45, 2.75) is 52.5 Å². The summed E-state index contributed by atoms with van der Waals surface area (Å²) in [5.41, 5.74) is 2.26. The smallest absolute Gasteiger partial charge is 0.338 e. The largest absolute Gasteiger partial charge is 0.462 e. The third-order valence-electron chi connectivity index (χ3n) is 4.43. The van der Waals surface area contributed by atoms with Crippen LogP contribution in [0.2, 0.25) is 0 Å². The molecule has 7 nitrogen and oxygen atoms in total. The van der Waals surface area contributed by atoms with Crippen LogP contribution in [0.1, 0.15) is 43.4 Å². The average molecular weight is 369 g/mol. The van der Waals surface area contributed by atoms with Gasteiger partial charge in [0.2, 0.25) is 0 Å². The summed E-state index contributed by atoms with van der Waals surface area (Å²) in [7, 11) is -4.06. The molecule has 0 bridgehead atoms. The van der Waals surface area contributed by atoms with Crippen molar-refractivity contribution in [2.24, 2.45) is 0 Å². The van der Waals surface area contributed by atoms with Gasteiger partial charge in [-0.3, -0.25) is 4.55 Å². The number of aromatic nitrogens is 2. The van der Waals surface area contributed by atoms with Crippen LogP contribution in [0, 0.1) is 6.92 Å². The van der Waals surface area contributed by atoms with Crippen molar-refractivity contribution in [2.75, 3.05) is 6.61 Å². The molecule has 0 saturated heterocycles. The van der Waals surface area contributed by atoms with Crippen LogP contribution < -0.4 is 4.57 Å². The van der Waals surface area contributed by atoms with Crippen LogP contribution in [-0.4, -0.2) is 35.4 Å². The van der Waals surface area contributed by atoms with Crippen molar-refractivity contribution in [1.82, 2.24) is 4.57 Å². The number of ether oxygens (including phenoxy) is 1. The Morgan fingerprint density at radius 1 is 1.36 bits per heavy atom. The van der Waals surface area contributed by atoms with Crippen LogP contribution in [0.5, 0.6) is 0 Å². The summed E-state index contributed by atoms with van der Waals surface area (Å²) < 4.78 is 40.8. The Labute approximate surface area is 148 Å². The Kier molecular flexibility index (Phi) is 5.84. The van der Waals surface area contributed by atoms with E-state index in [1.54, 1.807) is 19.1 Å². The standard InChI is InChI=1S/C17H24N2O5S/c1-5-18-13(4)19(10-9-12(3)25(21,22)23)16-11-14(7-8-15(16)18)17(20)24-6-2/h7-8,11-12H,5-6,9-10H2,1-4H3/p+1/t12-/m1/s1. The summed E-state index contributed by atoms with van der Waals surface area (Å²) in [6, 6.07) is 5.38. The van der Waals surface area contributed by atoms with Gasteiger partial charge in [-0.25, -0.2) is 13.9 Å². The minimum absolute atomic E-state index is 0.275. The quantitative estimate of drug-likeness (QED) is 0.459. The van der Waals surface area contributed by atoms with E-state index in [0.29, 0.717) is 18.7 Å². The molecular formula is C17H25N2O5S+. The first kappa shape index (κ1) is 19.4. The highest BCUT2D eigenvalue weighted by atomic mass is 32.2. The molecule has 0 fully saturated rings. The molecule has 2 aromatic rings. The van der Waals surface area contributed by atoms with Crippen molar-refractivity contribution in [3.63, 3.8) is 0 Å². The molecule has 1 aromatic carbocycles. The molecular weight excluding hydrogens is 344 g/mol. The fraction of sp³-hybridized carbons (Fsp3) is 0.529. The minimum atomic E-state index is -4.06. The van der Waals surface area contributed by atoms with Gasteiger partial charge < -0.3 is 4.74 Å². The highest BCUT2D eigenvalue weighted by Gasteiger charge is 2.25. The predicted octanol–water partition coefficient (Wildman–Crippen LogP) is 2.10. The minimum Gasteiger partial charge on any atom is -0.462 e. The SMILES string of the molecule is CCOC(=O)c1ccc2c(c1)n(CC[C@@H](C)S(=O)(=O)O)c(C)[n+]2CC. The van der Waals surface area contributed by atoms with Crippen molar-refractivity contribution in [3.05, 3.63) is 29.6 Å². The first-order valence-corrected chi connectivity index (χ1v) is 9.87. The number of nitrogens with zero attached hydrogens (tertiary/aromatic N) is 2. The van der Waals surface area contributed by atoms with Gasteiger partial charge in [0, 0.05) is 19.4 Å². The number of hydrogen-bond acceptors (Lipinski definition) is 4. The fourth-order valence-corrected chi connectivity index (χ4v) is 3.35. The van der Waals surface area contributed by atoms with Gasteiger partial charge in [-0.1, -0.05) is 0 Å². The number of benzene rings is 1. The Balaban J connectivity index is 2.48. The molecule has 0 spiro atoms. The lowest BCUT2D eigenvalue weighted by Gasteiger charge is -2.07. The van der Waals surface area contributed by atoms with E-state index in [1.807, 2.05) is 24.5 Å². The molecule has 0 aliphatic heterocycles. The molecule has 1 atom stereocenters. The highest BCUT2D eigenvalue weighted by molar-refractivity contribution is 7.86. The van der Waals surface area contributed by atoms with Crippen LogP contribution in [-0.2, 0) is 27.9 Å². The highest BCUT2D eigenvalue weighted by Crippen LogP contribution is 2.19. The number of carbonyl (C=O) groups excluding carboxylic acids is 1. The Morgan fingerprint density at radius 3 is 2.60 bits per heavy atom. The molecule has 1 heterocycles. The van der Waals surface area contributed by atoms with Crippen LogP contribution in [0.3, 0.4) is 0 Å². The van der Waals surface area contributed by atoms with Gasteiger partial charge in [-0.2, -0.15) is 8.42 Å². The maximum atomic E-state index is 12.0. The van der Waals surface area contributed by atoms with Crippen LogP contribution in [0.4, 0.5) is 0 Å².